The molecule has 4 rings (SSSR count). The number of ether oxygens (including phenoxy) is 1. The molecule has 0 aromatic heterocycles. The summed E-state index contributed by atoms with van der Waals surface area (Å²) in [5.74, 6) is -2.45. The van der Waals surface area contributed by atoms with E-state index in [-0.39, 0.29) is 17.8 Å². The monoisotopic (exact) mass is 489 g/mol. The van der Waals surface area contributed by atoms with Crippen LogP contribution in [0.5, 0.6) is 5.75 Å². The number of halogens is 5. The van der Waals surface area contributed by atoms with E-state index in [0.717, 1.165) is 24.0 Å². The Morgan fingerprint density at radius 1 is 0.971 bits per heavy atom. The smallest absolute Gasteiger partial charge is 0.428 e. The number of benzene rings is 3. The molecule has 3 aromatic rings. The van der Waals surface area contributed by atoms with Crippen LogP contribution in [0.4, 0.5) is 22.0 Å². The number of hydrogen-bond donors (Lipinski definition) is 1. The van der Waals surface area contributed by atoms with Crippen LogP contribution in [0, 0.1) is 11.7 Å². The summed E-state index contributed by atoms with van der Waals surface area (Å²) >= 11 is 0. The summed E-state index contributed by atoms with van der Waals surface area (Å²) in [7, 11) is 0. The minimum absolute atomic E-state index is 0.0310. The molecule has 8 heteroatoms. The number of carbonyl (C=O) groups is 1. The maximum atomic E-state index is 14.5. The van der Waals surface area contributed by atoms with Gasteiger partial charge in [0.2, 0.25) is 5.91 Å². The number of hydrogen-bond acceptors (Lipinski definition) is 2. The minimum Gasteiger partial charge on any atom is -0.428 e. The van der Waals surface area contributed by atoms with Crippen molar-refractivity contribution in [3.05, 3.63) is 101 Å². The maximum absolute atomic E-state index is 14.5. The fraction of sp³-hybridized carbons (Fsp3) is 0.296. The van der Waals surface area contributed by atoms with Gasteiger partial charge in [-0.2, -0.15) is 17.6 Å². The van der Waals surface area contributed by atoms with Crippen LogP contribution in [-0.2, 0) is 6.42 Å². The second kappa shape index (κ2) is 10.1. The molecule has 0 bridgehead atoms. The zero-order valence-corrected chi connectivity index (χ0v) is 18.6. The van der Waals surface area contributed by atoms with Gasteiger partial charge in [0.1, 0.15) is 11.6 Å². The largest absolute Gasteiger partial charge is 0.461 e. The fourth-order valence-corrected chi connectivity index (χ4v) is 5.04. The highest BCUT2D eigenvalue weighted by Gasteiger charge is 2.44. The molecule has 3 aromatic carbocycles. The van der Waals surface area contributed by atoms with Gasteiger partial charge in [0, 0.05) is 11.6 Å². The van der Waals surface area contributed by atoms with E-state index in [4.69, 9.17) is 5.73 Å². The van der Waals surface area contributed by atoms with Crippen molar-refractivity contribution in [2.24, 2.45) is 11.7 Å². The minimum atomic E-state index is -4.74. The zero-order valence-electron chi connectivity index (χ0n) is 18.6. The first-order valence-corrected chi connectivity index (χ1v) is 11.2. The van der Waals surface area contributed by atoms with Gasteiger partial charge in [-0.15, -0.1) is 0 Å². The van der Waals surface area contributed by atoms with Gasteiger partial charge in [-0.25, -0.2) is 4.39 Å². The Hall–Kier alpha value is -3.42. The van der Waals surface area contributed by atoms with Crippen molar-refractivity contribution in [1.82, 2.24) is 0 Å². The van der Waals surface area contributed by atoms with Crippen molar-refractivity contribution < 1.29 is 31.5 Å². The van der Waals surface area contributed by atoms with Crippen LogP contribution < -0.4 is 10.5 Å². The van der Waals surface area contributed by atoms with E-state index in [1.54, 1.807) is 24.3 Å². The quantitative estimate of drug-likeness (QED) is 0.359. The highest BCUT2D eigenvalue weighted by atomic mass is 19.3. The number of amides is 1. The van der Waals surface area contributed by atoms with Crippen LogP contribution in [0.2, 0.25) is 0 Å². The predicted molar refractivity (Wildman–Crippen MR) is 121 cm³/mol. The van der Waals surface area contributed by atoms with Crippen molar-refractivity contribution >= 4 is 5.91 Å². The Labute approximate surface area is 199 Å². The summed E-state index contributed by atoms with van der Waals surface area (Å²) in [4.78, 5) is 11.5. The van der Waals surface area contributed by atoms with Crippen molar-refractivity contribution in [3.8, 4) is 5.75 Å². The first-order valence-electron chi connectivity index (χ1n) is 11.2. The van der Waals surface area contributed by atoms with Gasteiger partial charge in [-0.1, -0.05) is 42.5 Å². The Morgan fingerprint density at radius 3 is 2.29 bits per heavy atom. The second-order valence-electron chi connectivity index (χ2n) is 8.83. The normalized spacial score (nSPS) is 20.2. The molecular weight excluding hydrogens is 465 g/mol. The van der Waals surface area contributed by atoms with Crippen molar-refractivity contribution in [2.45, 2.75) is 43.6 Å². The first-order chi connectivity index (χ1) is 16.6. The third kappa shape index (κ3) is 5.63. The van der Waals surface area contributed by atoms with Gasteiger partial charge < -0.3 is 10.5 Å². The summed E-state index contributed by atoms with van der Waals surface area (Å²) in [6.45, 7) is 0. The van der Waals surface area contributed by atoms with Gasteiger partial charge in [0.15, 0.2) is 0 Å². The summed E-state index contributed by atoms with van der Waals surface area (Å²) in [5.41, 5.74) is 8.04. The molecular formula is C27H24F5NO2. The van der Waals surface area contributed by atoms with Gasteiger partial charge in [-0.3, -0.25) is 4.79 Å². The first kappa shape index (κ1) is 24.7. The maximum Gasteiger partial charge on any atom is 0.461 e. The number of alkyl halides is 4. The molecule has 3 nitrogen and oxygen atoms in total. The molecule has 0 saturated heterocycles. The molecule has 0 spiro atoms. The second-order valence-corrected chi connectivity index (χ2v) is 8.83. The molecule has 2 N–H and O–H groups in total. The molecule has 0 heterocycles. The van der Waals surface area contributed by atoms with Gasteiger partial charge in [0.25, 0.3) is 0 Å². The molecule has 1 aliphatic rings. The molecule has 0 aliphatic heterocycles. The average molecular weight is 489 g/mol. The SMILES string of the molecule is NC(=O)c1ccc([C@H]2CC[C@H](Cc3ccccc3)C2c2cc(F)cc(OC(F)(F)C(F)F)c2)cc1. The van der Waals surface area contributed by atoms with Gasteiger partial charge in [-0.05, 0) is 78.0 Å². The van der Waals surface area contributed by atoms with Crippen molar-refractivity contribution in [2.75, 3.05) is 0 Å². The fourth-order valence-electron chi connectivity index (χ4n) is 5.04. The van der Waals surface area contributed by atoms with E-state index in [1.165, 1.54) is 12.1 Å². The Kier molecular flexibility index (Phi) is 7.10. The molecule has 1 aliphatic carbocycles. The number of rotatable bonds is 8. The van der Waals surface area contributed by atoms with Gasteiger partial charge >= 0.3 is 12.5 Å². The molecule has 184 valence electrons. The third-order valence-electron chi connectivity index (χ3n) is 6.54. The highest BCUT2D eigenvalue weighted by molar-refractivity contribution is 5.92. The summed E-state index contributed by atoms with van der Waals surface area (Å²) in [6, 6.07) is 19.6. The summed E-state index contributed by atoms with van der Waals surface area (Å²) in [6.07, 6.45) is -6.61. The number of nitrogens with two attached hydrogens (primary N) is 1. The molecule has 1 amide bonds. The number of primary amides is 1. The van der Waals surface area contributed by atoms with E-state index >= 15 is 0 Å². The van der Waals surface area contributed by atoms with Crippen molar-refractivity contribution in [1.29, 1.82) is 0 Å². The van der Waals surface area contributed by atoms with Crippen LogP contribution in [0.3, 0.4) is 0 Å². The predicted octanol–water partition coefficient (Wildman–Crippen LogP) is 6.68. The Bertz CT molecular complexity index is 1170. The highest BCUT2D eigenvalue weighted by Crippen LogP contribution is 2.51. The lowest BCUT2D eigenvalue weighted by Gasteiger charge is -2.27. The Balaban J connectivity index is 1.72. The zero-order chi connectivity index (χ0) is 25.2. The van der Waals surface area contributed by atoms with Gasteiger partial charge in [0.05, 0.1) is 0 Å². The van der Waals surface area contributed by atoms with Crippen LogP contribution in [0.15, 0.2) is 72.8 Å². The molecule has 1 saturated carbocycles. The van der Waals surface area contributed by atoms with Crippen LogP contribution >= 0.6 is 0 Å². The topological polar surface area (TPSA) is 52.3 Å². The Morgan fingerprint density at radius 2 is 1.66 bits per heavy atom. The van der Waals surface area contributed by atoms with E-state index < -0.39 is 30.0 Å². The molecule has 35 heavy (non-hydrogen) atoms. The lowest BCUT2D eigenvalue weighted by molar-refractivity contribution is -0.253. The standard InChI is InChI=1S/C27H24F5NO2/c28-21-13-20(14-22(15-21)35-27(31,32)26(29)30)24-19(12-16-4-2-1-3-5-16)10-11-23(24)17-6-8-18(9-7-17)25(33)34/h1-9,13-15,19,23-24,26H,10-12H2,(H2,33,34)/t19-,23-,24?/m1/s1. The van der Waals surface area contributed by atoms with E-state index in [9.17, 15) is 26.7 Å². The van der Waals surface area contributed by atoms with E-state index in [1.807, 2.05) is 30.3 Å². The molecule has 1 unspecified atom stereocenters. The summed E-state index contributed by atoms with van der Waals surface area (Å²) in [5, 5.41) is 0. The number of carbonyl (C=O) groups excluding carboxylic acids is 1. The summed E-state index contributed by atoms with van der Waals surface area (Å²) < 4.78 is 71.2. The molecule has 0 radical (unpaired) electrons. The van der Waals surface area contributed by atoms with Crippen LogP contribution in [-0.4, -0.2) is 18.4 Å². The molecule has 1 fully saturated rings. The average Bonchev–Trinajstić information content (AvgIpc) is 3.22. The lowest BCUT2D eigenvalue weighted by atomic mass is 9.77. The van der Waals surface area contributed by atoms with E-state index in [0.29, 0.717) is 23.6 Å². The van der Waals surface area contributed by atoms with E-state index in [2.05, 4.69) is 4.74 Å². The van der Waals surface area contributed by atoms with Crippen LogP contribution in [0.25, 0.3) is 0 Å². The third-order valence-corrected chi connectivity index (χ3v) is 6.54. The lowest BCUT2D eigenvalue weighted by Crippen LogP contribution is -2.33. The van der Waals surface area contributed by atoms with Crippen LogP contribution in [0.1, 0.15) is 51.7 Å². The van der Waals surface area contributed by atoms with Crippen molar-refractivity contribution in [3.63, 3.8) is 0 Å². The molecule has 3 atom stereocenters.